The highest BCUT2D eigenvalue weighted by atomic mass is 19.1. The van der Waals surface area contributed by atoms with Crippen LogP contribution in [0.4, 0.5) is 4.39 Å². The molecule has 72 valence electrons. The average molecular weight is 184 g/mol. The third-order valence-electron chi connectivity index (χ3n) is 2.20. The van der Waals surface area contributed by atoms with E-state index in [1.54, 1.807) is 0 Å². The molecule has 1 aromatic rings. The highest BCUT2D eigenvalue weighted by Crippen LogP contribution is 2.20. The van der Waals surface area contributed by atoms with Gasteiger partial charge in [0.2, 0.25) is 5.82 Å². The maximum absolute atomic E-state index is 13.2. The second kappa shape index (κ2) is 4.16. The first-order chi connectivity index (χ1) is 6.20. The van der Waals surface area contributed by atoms with Crippen LogP contribution in [-0.2, 0) is 0 Å². The summed E-state index contributed by atoms with van der Waals surface area (Å²) in [6.07, 6.45) is 2.84. The molecule has 1 N–H and O–H groups in total. The summed E-state index contributed by atoms with van der Waals surface area (Å²) in [5, 5.41) is 0. The second-order valence-corrected chi connectivity index (χ2v) is 2.94. The van der Waals surface area contributed by atoms with E-state index in [1.807, 2.05) is 13.8 Å². The summed E-state index contributed by atoms with van der Waals surface area (Å²) in [5.74, 6) is -0.696. The van der Waals surface area contributed by atoms with Crippen molar-refractivity contribution in [3.63, 3.8) is 0 Å². The van der Waals surface area contributed by atoms with Crippen molar-refractivity contribution in [1.82, 2.24) is 9.97 Å². The van der Waals surface area contributed by atoms with Gasteiger partial charge in [-0.25, -0.2) is 4.98 Å². The number of aromatic nitrogens is 2. The fourth-order valence-electron chi connectivity index (χ4n) is 1.36. The van der Waals surface area contributed by atoms with E-state index in [-0.39, 0.29) is 11.6 Å². The number of H-pyrrole nitrogens is 1. The van der Waals surface area contributed by atoms with Gasteiger partial charge < -0.3 is 4.98 Å². The highest BCUT2D eigenvalue weighted by Gasteiger charge is 2.15. The summed E-state index contributed by atoms with van der Waals surface area (Å²) in [4.78, 5) is 17.0. The van der Waals surface area contributed by atoms with Crippen LogP contribution in [-0.4, -0.2) is 9.97 Å². The van der Waals surface area contributed by atoms with Crippen LogP contribution in [0.3, 0.4) is 0 Å². The van der Waals surface area contributed by atoms with Crippen LogP contribution in [0.15, 0.2) is 11.1 Å². The molecule has 3 nitrogen and oxygen atoms in total. The number of hydrogen-bond donors (Lipinski definition) is 1. The van der Waals surface area contributed by atoms with Gasteiger partial charge in [0.25, 0.3) is 5.56 Å². The zero-order chi connectivity index (χ0) is 9.84. The molecule has 0 bridgehead atoms. The molecule has 0 unspecified atom stereocenters. The largest absolute Gasteiger partial charge is 0.311 e. The van der Waals surface area contributed by atoms with E-state index in [2.05, 4.69) is 9.97 Å². The third kappa shape index (κ3) is 1.94. The van der Waals surface area contributed by atoms with Crippen molar-refractivity contribution in [2.24, 2.45) is 0 Å². The Morgan fingerprint density at radius 3 is 2.69 bits per heavy atom. The predicted molar refractivity (Wildman–Crippen MR) is 48.1 cm³/mol. The molecule has 0 atom stereocenters. The molecule has 0 aliphatic rings. The van der Waals surface area contributed by atoms with Crippen LogP contribution in [0.5, 0.6) is 0 Å². The summed E-state index contributed by atoms with van der Waals surface area (Å²) in [5.41, 5.74) is -0.398. The van der Waals surface area contributed by atoms with Crippen LogP contribution < -0.4 is 5.56 Å². The van der Waals surface area contributed by atoms with Crippen molar-refractivity contribution in [1.29, 1.82) is 0 Å². The fourth-order valence-corrected chi connectivity index (χ4v) is 1.36. The number of aromatic amines is 1. The third-order valence-corrected chi connectivity index (χ3v) is 2.20. The van der Waals surface area contributed by atoms with Gasteiger partial charge in [-0.3, -0.25) is 4.79 Å². The van der Waals surface area contributed by atoms with Gasteiger partial charge in [-0.05, 0) is 12.8 Å². The predicted octanol–water partition coefficient (Wildman–Crippen LogP) is 1.81. The molecule has 1 rings (SSSR count). The minimum absolute atomic E-state index is 0.0438. The lowest BCUT2D eigenvalue weighted by molar-refractivity contribution is 0.526. The van der Waals surface area contributed by atoms with Crippen LogP contribution in [0, 0.1) is 5.82 Å². The fraction of sp³-hybridized carbons (Fsp3) is 0.556. The zero-order valence-corrected chi connectivity index (χ0v) is 7.80. The lowest BCUT2D eigenvalue weighted by Crippen LogP contribution is -2.16. The number of nitrogens with one attached hydrogen (secondary N) is 1. The summed E-state index contributed by atoms with van der Waals surface area (Å²) in [6.45, 7) is 3.91. The SMILES string of the molecule is CCC(CC)c1nc[nH]c(=O)c1F. The van der Waals surface area contributed by atoms with Crippen molar-refractivity contribution in [3.8, 4) is 0 Å². The molecule has 0 fully saturated rings. The summed E-state index contributed by atoms with van der Waals surface area (Å²) in [6, 6.07) is 0. The van der Waals surface area contributed by atoms with E-state index < -0.39 is 11.4 Å². The van der Waals surface area contributed by atoms with E-state index in [4.69, 9.17) is 0 Å². The standard InChI is InChI=1S/C9H13FN2O/c1-3-6(4-2)8-7(10)9(13)12-5-11-8/h5-6H,3-4H2,1-2H3,(H,11,12,13). The van der Waals surface area contributed by atoms with Gasteiger partial charge in [0.1, 0.15) is 0 Å². The molecule has 4 heteroatoms. The Morgan fingerprint density at radius 2 is 2.15 bits per heavy atom. The van der Waals surface area contributed by atoms with Crippen LogP contribution in [0.2, 0.25) is 0 Å². The monoisotopic (exact) mass is 184 g/mol. The van der Waals surface area contributed by atoms with E-state index in [0.717, 1.165) is 12.8 Å². The van der Waals surface area contributed by atoms with Gasteiger partial charge in [0, 0.05) is 5.92 Å². The van der Waals surface area contributed by atoms with Crippen molar-refractivity contribution < 1.29 is 4.39 Å². The van der Waals surface area contributed by atoms with Gasteiger partial charge >= 0.3 is 0 Å². The van der Waals surface area contributed by atoms with E-state index in [9.17, 15) is 9.18 Å². The molecule has 1 heterocycles. The first-order valence-electron chi connectivity index (χ1n) is 4.43. The molecule has 0 aromatic carbocycles. The first kappa shape index (κ1) is 9.89. The van der Waals surface area contributed by atoms with E-state index >= 15 is 0 Å². The lowest BCUT2D eigenvalue weighted by Gasteiger charge is -2.10. The Balaban J connectivity index is 3.13. The van der Waals surface area contributed by atoms with E-state index in [1.165, 1.54) is 6.33 Å². The van der Waals surface area contributed by atoms with Crippen molar-refractivity contribution in [2.45, 2.75) is 32.6 Å². The highest BCUT2D eigenvalue weighted by molar-refractivity contribution is 5.08. The molecule has 1 aromatic heterocycles. The molecule has 0 radical (unpaired) electrons. The van der Waals surface area contributed by atoms with E-state index in [0.29, 0.717) is 0 Å². The molecule has 0 aliphatic heterocycles. The Hall–Kier alpha value is -1.19. The van der Waals surface area contributed by atoms with Crippen molar-refractivity contribution in [3.05, 3.63) is 28.2 Å². The molecule has 0 aliphatic carbocycles. The topological polar surface area (TPSA) is 45.8 Å². The van der Waals surface area contributed by atoms with Crippen molar-refractivity contribution >= 4 is 0 Å². The van der Waals surface area contributed by atoms with Crippen molar-refractivity contribution in [2.75, 3.05) is 0 Å². The first-order valence-corrected chi connectivity index (χ1v) is 4.43. The average Bonchev–Trinajstić information content (AvgIpc) is 2.14. The van der Waals surface area contributed by atoms with Gasteiger partial charge in [-0.15, -0.1) is 0 Å². The molecule has 0 amide bonds. The number of halogens is 1. The van der Waals surface area contributed by atoms with Crippen LogP contribution in [0.25, 0.3) is 0 Å². The Bertz CT molecular complexity index is 331. The van der Waals surface area contributed by atoms with Gasteiger partial charge in [0.05, 0.1) is 12.0 Å². The van der Waals surface area contributed by atoms with Gasteiger partial charge in [0.15, 0.2) is 0 Å². The van der Waals surface area contributed by atoms with Crippen LogP contribution >= 0.6 is 0 Å². The second-order valence-electron chi connectivity index (χ2n) is 2.94. The number of hydrogen-bond acceptors (Lipinski definition) is 2. The lowest BCUT2D eigenvalue weighted by atomic mass is 9.99. The van der Waals surface area contributed by atoms with Gasteiger partial charge in [-0.1, -0.05) is 13.8 Å². The normalized spacial score (nSPS) is 10.8. The summed E-state index contributed by atoms with van der Waals surface area (Å²) in [7, 11) is 0. The maximum Gasteiger partial charge on any atom is 0.287 e. The Labute approximate surface area is 76.0 Å². The number of rotatable bonds is 3. The molecular formula is C9H13FN2O. The minimum Gasteiger partial charge on any atom is -0.311 e. The molecule has 0 spiro atoms. The maximum atomic E-state index is 13.2. The quantitative estimate of drug-likeness (QED) is 0.778. The minimum atomic E-state index is -0.740. The number of nitrogens with zero attached hydrogens (tertiary/aromatic N) is 1. The Morgan fingerprint density at radius 1 is 1.54 bits per heavy atom. The smallest absolute Gasteiger partial charge is 0.287 e. The Kier molecular flexibility index (Phi) is 3.17. The summed E-state index contributed by atoms with van der Waals surface area (Å²) >= 11 is 0. The molecule has 13 heavy (non-hydrogen) atoms. The zero-order valence-electron chi connectivity index (χ0n) is 7.80. The van der Waals surface area contributed by atoms with Gasteiger partial charge in [-0.2, -0.15) is 4.39 Å². The molecule has 0 saturated carbocycles. The molecule has 0 saturated heterocycles. The molecular weight excluding hydrogens is 171 g/mol. The van der Waals surface area contributed by atoms with Crippen LogP contribution in [0.1, 0.15) is 38.3 Å². The summed E-state index contributed by atoms with van der Waals surface area (Å²) < 4.78 is 13.2.